The van der Waals surface area contributed by atoms with Gasteiger partial charge in [-0.15, -0.1) is 0 Å². The highest BCUT2D eigenvalue weighted by molar-refractivity contribution is 5.44. The highest BCUT2D eigenvalue weighted by Gasteiger charge is 2.09. The molecule has 4 heteroatoms. The van der Waals surface area contributed by atoms with Crippen LogP contribution in [0.25, 0.3) is 0 Å². The molecule has 0 saturated heterocycles. The van der Waals surface area contributed by atoms with Crippen molar-refractivity contribution in [3.05, 3.63) is 33.9 Å². The maximum Gasteiger partial charge on any atom is 0.275 e. The van der Waals surface area contributed by atoms with Crippen LogP contribution < -0.4 is 0 Å². The molecule has 1 N–H and O–H groups in total. The van der Waals surface area contributed by atoms with Gasteiger partial charge in [-0.3, -0.25) is 10.1 Å². The monoisotopic (exact) mass is 213 g/mol. The summed E-state index contributed by atoms with van der Waals surface area (Å²) in [5.74, 6) is -0.0812. The summed E-state index contributed by atoms with van der Waals surface area (Å²) in [6, 6.07) is 4.06. The van der Waals surface area contributed by atoms with E-state index >= 15 is 0 Å². The van der Waals surface area contributed by atoms with Crippen LogP contribution >= 0.6 is 0 Å². The second-order valence-electron chi connectivity index (χ2n) is 2.23. The summed E-state index contributed by atoms with van der Waals surface area (Å²) in [6.07, 6.45) is 0. The number of phenols is 1. The average Bonchev–Trinajstić information content (AvgIpc) is 2.27. The van der Waals surface area contributed by atoms with Crippen LogP contribution in [0.4, 0.5) is 5.69 Å². The van der Waals surface area contributed by atoms with Crippen LogP contribution in [0, 0.1) is 17.0 Å². The number of hydrogen-bond acceptors (Lipinski definition) is 3. The van der Waals surface area contributed by atoms with E-state index in [0.717, 1.165) is 6.07 Å². The van der Waals surface area contributed by atoms with E-state index in [0.29, 0.717) is 5.56 Å². The summed E-state index contributed by atoms with van der Waals surface area (Å²) >= 11 is 0. The molecular weight excluding hydrogens is 194 g/mol. The summed E-state index contributed by atoms with van der Waals surface area (Å²) in [6.45, 7) is 9.62. The molecule has 0 saturated carbocycles. The van der Waals surface area contributed by atoms with E-state index in [4.69, 9.17) is 5.11 Å². The third-order valence-electron chi connectivity index (χ3n) is 1.39. The molecule has 0 radical (unpaired) electrons. The number of aryl methyl sites for hydroxylation is 1. The zero-order valence-corrected chi connectivity index (χ0v) is 9.94. The number of benzene rings is 1. The molecule has 0 spiro atoms. The fourth-order valence-corrected chi connectivity index (χ4v) is 0.794. The first-order valence-corrected chi connectivity index (χ1v) is 5.05. The Morgan fingerprint density at radius 1 is 1.20 bits per heavy atom. The fourth-order valence-electron chi connectivity index (χ4n) is 0.794. The van der Waals surface area contributed by atoms with E-state index in [2.05, 4.69) is 0 Å². The van der Waals surface area contributed by atoms with Crippen molar-refractivity contribution in [3.8, 4) is 5.75 Å². The fraction of sp³-hybridized carbons (Fsp3) is 0.455. The largest absolute Gasteiger partial charge is 0.508 e. The minimum Gasteiger partial charge on any atom is -0.508 e. The van der Waals surface area contributed by atoms with Crippen LogP contribution in [-0.4, -0.2) is 10.0 Å². The molecule has 0 atom stereocenters. The van der Waals surface area contributed by atoms with Crippen LogP contribution in [-0.2, 0) is 0 Å². The molecule has 0 aliphatic carbocycles. The number of nitro benzene ring substituents is 1. The molecule has 1 aromatic carbocycles. The Bertz CT molecular complexity index is 298. The molecule has 0 aliphatic rings. The quantitative estimate of drug-likeness (QED) is 0.572. The second-order valence-corrected chi connectivity index (χ2v) is 2.23. The number of phenolic OH excluding ortho intramolecular Hbond substituents is 1. The van der Waals surface area contributed by atoms with Crippen molar-refractivity contribution in [2.45, 2.75) is 34.6 Å². The van der Waals surface area contributed by atoms with E-state index < -0.39 is 4.92 Å². The number of nitrogens with zero attached hydrogens (tertiary/aromatic N) is 1. The van der Waals surface area contributed by atoms with Gasteiger partial charge in [0.2, 0.25) is 0 Å². The molecule has 1 rings (SSSR count). The molecular formula is C11H19NO3. The van der Waals surface area contributed by atoms with Gasteiger partial charge in [-0.2, -0.15) is 0 Å². The summed E-state index contributed by atoms with van der Waals surface area (Å²) < 4.78 is 0. The van der Waals surface area contributed by atoms with Crippen molar-refractivity contribution in [3.63, 3.8) is 0 Å². The number of hydrogen-bond donors (Lipinski definition) is 1. The molecule has 0 aromatic heterocycles. The highest BCUT2D eigenvalue weighted by atomic mass is 16.6. The van der Waals surface area contributed by atoms with E-state index in [-0.39, 0.29) is 11.4 Å². The number of aromatic hydroxyl groups is 1. The lowest BCUT2D eigenvalue weighted by atomic mass is 10.2. The number of nitro groups is 1. The van der Waals surface area contributed by atoms with E-state index in [1.807, 2.05) is 27.7 Å². The van der Waals surface area contributed by atoms with Crippen LogP contribution in [0.15, 0.2) is 18.2 Å². The van der Waals surface area contributed by atoms with Crippen LogP contribution in [0.2, 0.25) is 0 Å². The lowest BCUT2D eigenvalue weighted by molar-refractivity contribution is -0.385. The van der Waals surface area contributed by atoms with Gasteiger partial charge in [0, 0.05) is 5.56 Å². The van der Waals surface area contributed by atoms with Crippen molar-refractivity contribution in [1.29, 1.82) is 0 Å². The summed E-state index contributed by atoms with van der Waals surface area (Å²) in [5, 5.41) is 19.2. The summed E-state index contributed by atoms with van der Waals surface area (Å²) in [5.41, 5.74) is 0.498. The highest BCUT2D eigenvalue weighted by Crippen LogP contribution is 2.22. The van der Waals surface area contributed by atoms with Crippen molar-refractivity contribution >= 4 is 5.69 Å². The zero-order valence-electron chi connectivity index (χ0n) is 9.94. The first-order valence-electron chi connectivity index (χ1n) is 5.05. The smallest absolute Gasteiger partial charge is 0.275 e. The van der Waals surface area contributed by atoms with Gasteiger partial charge in [-0.25, -0.2) is 0 Å². The molecule has 0 aliphatic heterocycles. The summed E-state index contributed by atoms with van der Waals surface area (Å²) in [4.78, 5) is 9.75. The molecule has 0 amide bonds. The summed E-state index contributed by atoms with van der Waals surface area (Å²) in [7, 11) is 0. The van der Waals surface area contributed by atoms with Crippen LogP contribution in [0.1, 0.15) is 33.3 Å². The van der Waals surface area contributed by atoms with Crippen molar-refractivity contribution < 1.29 is 10.0 Å². The Labute approximate surface area is 90.7 Å². The maximum absolute atomic E-state index is 10.3. The van der Waals surface area contributed by atoms with Gasteiger partial charge in [-0.1, -0.05) is 27.7 Å². The third-order valence-corrected chi connectivity index (χ3v) is 1.39. The van der Waals surface area contributed by atoms with Crippen LogP contribution in [0.5, 0.6) is 5.75 Å². The predicted octanol–water partition coefficient (Wildman–Crippen LogP) is 3.66. The van der Waals surface area contributed by atoms with Gasteiger partial charge >= 0.3 is 0 Å². The SMILES string of the molecule is CC.CC.Cc1ccc(O)cc1[N+](=O)[O-]. The molecule has 4 nitrogen and oxygen atoms in total. The second kappa shape index (κ2) is 8.99. The van der Waals surface area contributed by atoms with Gasteiger partial charge in [0.05, 0.1) is 11.0 Å². The zero-order chi connectivity index (χ0) is 12.4. The molecule has 86 valence electrons. The Morgan fingerprint density at radius 3 is 2.00 bits per heavy atom. The topological polar surface area (TPSA) is 63.4 Å². The van der Waals surface area contributed by atoms with Gasteiger partial charge in [-0.05, 0) is 19.1 Å². The molecule has 1 aromatic rings. The van der Waals surface area contributed by atoms with Crippen molar-refractivity contribution in [2.75, 3.05) is 0 Å². The molecule has 0 unspecified atom stereocenters. The first-order chi connectivity index (χ1) is 7.11. The van der Waals surface area contributed by atoms with Crippen molar-refractivity contribution in [1.82, 2.24) is 0 Å². The Kier molecular flexibility index (Phi) is 9.52. The molecule has 0 bridgehead atoms. The lowest BCUT2D eigenvalue weighted by Crippen LogP contribution is -1.90. The number of rotatable bonds is 1. The van der Waals surface area contributed by atoms with Crippen molar-refractivity contribution in [2.24, 2.45) is 0 Å². The molecule has 0 fully saturated rings. The predicted molar refractivity (Wildman–Crippen MR) is 62.2 cm³/mol. The van der Waals surface area contributed by atoms with Gasteiger partial charge in [0.15, 0.2) is 0 Å². The van der Waals surface area contributed by atoms with E-state index in [1.54, 1.807) is 6.92 Å². The maximum atomic E-state index is 10.3. The Balaban J connectivity index is 0. The normalized spacial score (nSPS) is 7.80. The molecule has 15 heavy (non-hydrogen) atoms. The van der Waals surface area contributed by atoms with Crippen LogP contribution in [0.3, 0.4) is 0 Å². The van der Waals surface area contributed by atoms with E-state index in [1.165, 1.54) is 12.1 Å². The first kappa shape index (κ1) is 15.9. The van der Waals surface area contributed by atoms with Gasteiger partial charge < -0.3 is 5.11 Å². The third kappa shape index (κ3) is 5.67. The van der Waals surface area contributed by atoms with Gasteiger partial charge in [0.1, 0.15) is 5.75 Å². The van der Waals surface area contributed by atoms with E-state index in [9.17, 15) is 10.1 Å². The Hall–Kier alpha value is -1.58. The standard InChI is InChI=1S/C7H7NO3.2C2H6/c1-5-2-3-6(9)4-7(5)8(10)11;2*1-2/h2-4,9H,1H3;2*1-2H3. The lowest BCUT2D eigenvalue weighted by Gasteiger charge is -1.95. The molecule has 0 heterocycles. The minimum atomic E-state index is -0.519. The average molecular weight is 213 g/mol. The Morgan fingerprint density at radius 2 is 1.67 bits per heavy atom. The minimum absolute atomic E-state index is 0.0509. The van der Waals surface area contributed by atoms with Gasteiger partial charge in [0.25, 0.3) is 5.69 Å².